The number of ether oxygens (including phenoxy) is 4. The summed E-state index contributed by atoms with van der Waals surface area (Å²) in [6.07, 6.45) is 0.422. The molecule has 6 nitrogen and oxygen atoms in total. The van der Waals surface area contributed by atoms with E-state index >= 15 is 0 Å². The molecule has 0 radical (unpaired) electrons. The molecular weight excluding hydrogens is 464 g/mol. The molecule has 2 heterocycles. The number of rotatable bonds is 7. The van der Waals surface area contributed by atoms with Crippen LogP contribution in [0.15, 0.2) is 102 Å². The van der Waals surface area contributed by atoms with Crippen molar-refractivity contribution >= 4 is 5.71 Å². The first-order chi connectivity index (χ1) is 18.2. The van der Waals surface area contributed by atoms with Gasteiger partial charge in [0.05, 0.1) is 26.0 Å². The van der Waals surface area contributed by atoms with E-state index in [0.717, 1.165) is 45.9 Å². The molecule has 0 saturated heterocycles. The lowest BCUT2D eigenvalue weighted by Crippen LogP contribution is -2.33. The molecular formula is C31H28N2O4. The lowest BCUT2D eigenvalue weighted by molar-refractivity contribution is -0.0190. The van der Waals surface area contributed by atoms with Crippen molar-refractivity contribution in [1.82, 2.24) is 5.01 Å². The first kappa shape index (κ1) is 23.0. The third kappa shape index (κ3) is 4.47. The van der Waals surface area contributed by atoms with Crippen LogP contribution in [0.2, 0.25) is 0 Å². The highest BCUT2D eigenvalue weighted by Gasteiger charge is 2.41. The van der Waals surface area contributed by atoms with Crippen molar-refractivity contribution in [2.75, 3.05) is 14.2 Å². The van der Waals surface area contributed by atoms with Gasteiger partial charge in [-0.05, 0) is 54.1 Å². The predicted octanol–water partition coefficient (Wildman–Crippen LogP) is 6.53. The predicted molar refractivity (Wildman–Crippen MR) is 142 cm³/mol. The number of para-hydroxylation sites is 1. The fourth-order valence-electron chi connectivity index (χ4n) is 4.91. The molecule has 2 aliphatic heterocycles. The molecule has 2 atom stereocenters. The molecule has 0 aromatic heterocycles. The first-order valence-electron chi connectivity index (χ1n) is 12.3. The number of nitrogens with zero attached hydrogens (tertiary/aromatic N) is 2. The lowest BCUT2D eigenvalue weighted by atomic mass is 9.96. The van der Waals surface area contributed by atoms with Crippen molar-refractivity contribution < 1.29 is 18.9 Å². The number of hydrogen-bond donors (Lipinski definition) is 0. The van der Waals surface area contributed by atoms with Gasteiger partial charge in [-0.15, -0.1) is 0 Å². The Morgan fingerprint density at radius 3 is 2.38 bits per heavy atom. The van der Waals surface area contributed by atoms with Gasteiger partial charge in [0.15, 0.2) is 11.5 Å². The normalized spacial score (nSPS) is 17.8. The van der Waals surface area contributed by atoms with Gasteiger partial charge in [-0.2, -0.15) is 5.10 Å². The molecule has 6 heteroatoms. The van der Waals surface area contributed by atoms with E-state index in [4.69, 9.17) is 24.0 Å². The number of benzene rings is 4. The summed E-state index contributed by atoms with van der Waals surface area (Å²) in [5, 5.41) is 7.14. The van der Waals surface area contributed by atoms with Crippen LogP contribution in [0.4, 0.5) is 0 Å². The monoisotopic (exact) mass is 492 g/mol. The van der Waals surface area contributed by atoms with Crippen LogP contribution in [-0.2, 0) is 6.61 Å². The summed E-state index contributed by atoms with van der Waals surface area (Å²) in [6.45, 7) is 0.528. The standard InChI is InChI=1S/C31H28N2O4/c1-34-29-17-14-23(18-30(29)35-2)26-19-27-25-10-6-7-11-28(25)37-31(33(27)32-26)22-12-15-24(16-13-22)36-20-21-8-4-3-5-9-21/h3-18,27,31H,19-20H2,1-2H3. The smallest absolute Gasteiger partial charge is 0.213 e. The van der Waals surface area contributed by atoms with E-state index in [1.807, 2.05) is 66.7 Å². The second-order valence-electron chi connectivity index (χ2n) is 9.07. The molecule has 0 fully saturated rings. The minimum Gasteiger partial charge on any atom is -0.493 e. The van der Waals surface area contributed by atoms with E-state index in [0.29, 0.717) is 18.1 Å². The van der Waals surface area contributed by atoms with Crippen LogP contribution in [0.1, 0.15) is 40.9 Å². The molecule has 0 bridgehead atoms. The van der Waals surface area contributed by atoms with Crippen molar-refractivity contribution in [1.29, 1.82) is 0 Å². The molecule has 4 aromatic carbocycles. The van der Waals surface area contributed by atoms with E-state index in [1.54, 1.807) is 14.2 Å². The highest BCUT2D eigenvalue weighted by atomic mass is 16.5. The van der Waals surface area contributed by atoms with E-state index in [9.17, 15) is 0 Å². The lowest BCUT2D eigenvalue weighted by Gasteiger charge is -2.38. The largest absolute Gasteiger partial charge is 0.493 e. The molecule has 2 aliphatic rings. The van der Waals surface area contributed by atoms with Gasteiger partial charge in [0.2, 0.25) is 6.23 Å². The first-order valence-corrected chi connectivity index (χ1v) is 12.3. The average Bonchev–Trinajstić information content (AvgIpc) is 3.42. The zero-order valence-electron chi connectivity index (χ0n) is 20.8. The van der Waals surface area contributed by atoms with E-state index < -0.39 is 0 Å². The third-order valence-electron chi connectivity index (χ3n) is 6.83. The summed E-state index contributed by atoms with van der Waals surface area (Å²) in [5.41, 5.74) is 5.28. The van der Waals surface area contributed by atoms with Crippen molar-refractivity contribution in [3.8, 4) is 23.0 Å². The molecule has 0 saturated carbocycles. The number of hydrogen-bond acceptors (Lipinski definition) is 6. The molecule has 6 rings (SSSR count). The number of methoxy groups -OCH3 is 2. The molecule has 37 heavy (non-hydrogen) atoms. The van der Waals surface area contributed by atoms with Gasteiger partial charge in [0, 0.05) is 23.1 Å². The Hall–Kier alpha value is -4.45. The quantitative estimate of drug-likeness (QED) is 0.294. The van der Waals surface area contributed by atoms with Gasteiger partial charge in [-0.25, -0.2) is 5.01 Å². The zero-order chi connectivity index (χ0) is 25.2. The second-order valence-corrected chi connectivity index (χ2v) is 9.07. The van der Waals surface area contributed by atoms with Gasteiger partial charge in [-0.3, -0.25) is 0 Å². The molecule has 0 spiro atoms. The molecule has 186 valence electrons. The Labute approximate surface area is 216 Å². The Bertz CT molecular complexity index is 1420. The van der Waals surface area contributed by atoms with Gasteiger partial charge in [0.1, 0.15) is 18.1 Å². The topological polar surface area (TPSA) is 52.5 Å². The van der Waals surface area contributed by atoms with Crippen LogP contribution in [0.3, 0.4) is 0 Å². The molecule has 2 unspecified atom stereocenters. The number of fused-ring (bicyclic) bond motifs is 3. The third-order valence-corrected chi connectivity index (χ3v) is 6.83. The van der Waals surface area contributed by atoms with Crippen LogP contribution >= 0.6 is 0 Å². The summed E-state index contributed by atoms with van der Waals surface area (Å²) in [5.74, 6) is 3.09. The van der Waals surface area contributed by atoms with Gasteiger partial charge >= 0.3 is 0 Å². The van der Waals surface area contributed by atoms with Crippen molar-refractivity contribution in [3.05, 3.63) is 119 Å². The van der Waals surface area contributed by atoms with Gasteiger partial charge < -0.3 is 18.9 Å². The fraction of sp³-hybridized carbons (Fsp3) is 0.194. The summed E-state index contributed by atoms with van der Waals surface area (Å²) in [6, 6.07) is 32.5. The highest BCUT2D eigenvalue weighted by molar-refractivity contribution is 6.02. The summed E-state index contributed by atoms with van der Waals surface area (Å²) in [4.78, 5) is 0. The maximum Gasteiger partial charge on any atom is 0.213 e. The van der Waals surface area contributed by atoms with E-state index in [2.05, 4.69) is 35.3 Å². The highest BCUT2D eigenvalue weighted by Crippen LogP contribution is 2.47. The molecule has 0 aliphatic carbocycles. The Morgan fingerprint density at radius 1 is 0.838 bits per heavy atom. The van der Waals surface area contributed by atoms with Crippen LogP contribution in [0.5, 0.6) is 23.0 Å². The van der Waals surface area contributed by atoms with Crippen LogP contribution in [0, 0.1) is 0 Å². The summed E-state index contributed by atoms with van der Waals surface area (Å²) >= 11 is 0. The maximum absolute atomic E-state index is 6.50. The average molecular weight is 493 g/mol. The maximum atomic E-state index is 6.50. The minimum absolute atomic E-state index is 0.0760. The van der Waals surface area contributed by atoms with Crippen LogP contribution < -0.4 is 18.9 Å². The number of hydrazone groups is 1. The van der Waals surface area contributed by atoms with E-state index in [-0.39, 0.29) is 12.3 Å². The van der Waals surface area contributed by atoms with Gasteiger partial charge in [0.25, 0.3) is 0 Å². The second kappa shape index (κ2) is 9.90. The summed E-state index contributed by atoms with van der Waals surface area (Å²) in [7, 11) is 3.29. The van der Waals surface area contributed by atoms with Crippen molar-refractivity contribution in [2.45, 2.75) is 25.3 Å². The zero-order valence-corrected chi connectivity index (χ0v) is 20.8. The summed E-state index contributed by atoms with van der Waals surface area (Å²) < 4.78 is 23.4. The minimum atomic E-state index is -0.347. The Balaban J connectivity index is 1.29. The van der Waals surface area contributed by atoms with Gasteiger partial charge in [-0.1, -0.05) is 48.5 Å². The van der Waals surface area contributed by atoms with Crippen LogP contribution in [0.25, 0.3) is 0 Å². The Morgan fingerprint density at radius 2 is 1.59 bits per heavy atom. The van der Waals surface area contributed by atoms with Crippen molar-refractivity contribution in [3.63, 3.8) is 0 Å². The molecule has 0 N–H and O–H groups in total. The van der Waals surface area contributed by atoms with Crippen molar-refractivity contribution in [2.24, 2.45) is 5.10 Å². The molecule has 0 amide bonds. The van der Waals surface area contributed by atoms with Crippen LogP contribution in [-0.4, -0.2) is 24.9 Å². The SMILES string of the molecule is COc1ccc(C2=NN3C(C2)c2ccccc2OC3c2ccc(OCc3ccccc3)cc2)cc1OC. The van der Waals surface area contributed by atoms with E-state index in [1.165, 1.54) is 0 Å². The fourth-order valence-corrected chi connectivity index (χ4v) is 4.91. The molecule has 4 aromatic rings. The Kier molecular flexibility index (Phi) is 6.15.